The van der Waals surface area contributed by atoms with Crippen molar-refractivity contribution in [3.05, 3.63) is 29.8 Å². The molecule has 1 atom stereocenters. The van der Waals surface area contributed by atoms with Gasteiger partial charge in [-0.3, -0.25) is 0 Å². The summed E-state index contributed by atoms with van der Waals surface area (Å²) in [6.45, 7) is 6.03. The summed E-state index contributed by atoms with van der Waals surface area (Å²) in [4.78, 5) is 1.83. The molecular formula is C12H16FN. The maximum absolute atomic E-state index is 12.9. The highest BCUT2D eigenvalue weighted by Crippen LogP contribution is 2.44. The summed E-state index contributed by atoms with van der Waals surface area (Å²) >= 11 is 0. The number of fused-ring (bicyclic) bond motifs is 1. The molecule has 0 aliphatic carbocycles. The standard InChI is InChI=1S/C12H16FN/c1-9-12(2,3)10-6-4-5-7-11(10)14(9)8-13/h4-7,9H,8H2,1-3H3. The molecule has 76 valence electrons. The van der Waals surface area contributed by atoms with E-state index in [0.29, 0.717) is 0 Å². The minimum atomic E-state index is -0.401. The van der Waals surface area contributed by atoms with Gasteiger partial charge >= 0.3 is 0 Å². The van der Waals surface area contributed by atoms with E-state index in [1.54, 1.807) is 0 Å². The third-order valence-electron chi connectivity index (χ3n) is 3.55. The second-order valence-electron chi connectivity index (χ2n) is 4.50. The Morgan fingerprint density at radius 2 is 2.00 bits per heavy atom. The van der Waals surface area contributed by atoms with Crippen LogP contribution in [0.3, 0.4) is 0 Å². The third kappa shape index (κ3) is 1.06. The van der Waals surface area contributed by atoms with Gasteiger partial charge in [0, 0.05) is 17.1 Å². The molecule has 0 N–H and O–H groups in total. The molecule has 1 aliphatic rings. The second-order valence-corrected chi connectivity index (χ2v) is 4.50. The lowest BCUT2D eigenvalue weighted by molar-refractivity contribution is 0.385. The molecule has 0 fully saturated rings. The van der Waals surface area contributed by atoms with Crippen LogP contribution in [0.1, 0.15) is 26.3 Å². The Morgan fingerprint density at radius 1 is 1.36 bits per heavy atom. The van der Waals surface area contributed by atoms with Gasteiger partial charge in [0.25, 0.3) is 0 Å². The summed E-state index contributed by atoms with van der Waals surface area (Å²) in [5, 5.41) is 0. The van der Waals surface area contributed by atoms with Crippen molar-refractivity contribution in [1.82, 2.24) is 0 Å². The van der Waals surface area contributed by atoms with Crippen molar-refractivity contribution in [3.63, 3.8) is 0 Å². The molecule has 1 unspecified atom stereocenters. The zero-order valence-corrected chi connectivity index (χ0v) is 8.92. The molecular weight excluding hydrogens is 177 g/mol. The number of benzene rings is 1. The molecule has 0 saturated carbocycles. The van der Waals surface area contributed by atoms with Gasteiger partial charge < -0.3 is 4.90 Å². The first-order valence-electron chi connectivity index (χ1n) is 5.01. The summed E-state index contributed by atoms with van der Waals surface area (Å²) < 4.78 is 12.9. The predicted octanol–water partition coefficient (Wildman–Crippen LogP) is 3.10. The Hall–Kier alpha value is -1.05. The monoisotopic (exact) mass is 193 g/mol. The zero-order chi connectivity index (χ0) is 10.3. The Labute approximate surface area is 84.5 Å². The van der Waals surface area contributed by atoms with Crippen LogP contribution in [0.4, 0.5) is 10.1 Å². The number of hydrogen-bond donors (Lipinski definition) is 0. The molecule has 0 spiro atoms. The van der Waals surface area contributed by atoms with Crippen LogP contribution in [0.15, 0.2) is 24.3 Å². The fourth-order valence-corrected chi connectivity index (χ4v) is 2.26. The van der Waals surface area contributed by atoms with Gasteiger partial charge in [-0.2, -0.15) is 0 Å². The van der Waals surface area contributed by atoms with E-state index in [9.17, 15) is 4.39 Å². The van der Waals surface area contributed by atoms with Gasteiger partial charge in [0.1, 0.15) is 0 Å². The van der Waals surface area contributed by atoms with E-state index in [1.165, 1.54) is 5.56 Å². The van der Waals surface area contributed by atoms with Crippen LogP contribution in [0, 0.1) is 0 Å². The number of alkyl halides is 1. The lowest BCUT2D eigenvalue weighted by atomic mass is 9.81. The Bertz CT molecular complexity index is 346. The first-order valence-corrected chi connectivity index (χ1v) is 5.01. The average Bonchev–Trinajstić information content (AvgIpc) is 2.37. The van der Waals surface area contributed by atoms with Crippen LogP contribution < -0.4 is 4.90 Å². The Balaban J connectivity index is 2.57. The fraction of sp³-hybridized carbons (Fsp3) is 0.500. The van der Waals surface area contributed by atoms with E-state index in [2.05, 4.69) is 26.8 Å². The first-order chi connectivity index (χ1) is 6.59. The smallest absolute Gasteiger partial charge is 0.162 e. The van der Waals surface area contributed by atoms with Crippen molar-refractivity contribution in [2.24, 2.45) is 0 Å². The summed E-state index contributed by atoms with van der Waals surface area (Å²) in [5.41, 5.74) is 2.35. The largest absolute Gasteiger partial charge is 0.341 e. The maximum Gasteiger partial charge on any atom is 0.162 e. The lowest BCUT2D eigenvalue weighted by Gasteiger charge is -2.29. The molecule has 2 rings (SSSR count). The summed E-state index contributed by atoms with van der Waals surface area (Å²) in [6.07, 6.45) is 0. The van der Waals surface area contributed by atoms with E-state index in [4.69, 9.17) is 0 Å². The summed E-state index contributed by atoms with van der Waals surface area (Å²) in [5.74, 6) is 0. The number of hydrogen-bond acceptors (Lipinski definition) is 1. The van der Waals surface area contributed by atoms with Crippen LogP contribution >= 0.6 is 0 Å². The highest BCUT2D eigenvalue weighted by Gasteiger charge is 2.41. The number of anilines is 1. The second kappa shape index (κ2) is 2.97. The molecule has 2 heteroatoms. The Kier molecular flexibility index (Phi) is 2.02. The number of rotatable bonds is 1. The van der Waals surface area contributed by atoms with Crippen LogP contribution in [0.25, 0.3) is 0 Å². The van der Waals surface area contributed by atoms with Gasteiger partial charge in [-0.25, -0.2) is 4.39 Å². The third-order valence-corrected chi connectivity index (χ3v) is 3.55. The van der Waals surface area contributed by atoms with Crippen molar-refractivity contribution in [3.8, 4) is 0 Å². The van der Waals surface area contributed by atoms with E-state index in [1.807, 2.05) is 23.1 Å². The average molecular weight is 193 g/mol. The SMILES string of the molecule is CC1N(CF)c2ccccc2C1(C)C. The minimum absolute atomic E-state index is 0.0443. The van der Waals surface area contributed by atoms with Crippen molar-refractivity contribution < 1.29 is 4.39 Å². The van der Waals surface area contributed by atoms with Gasteiger partial charge in [-0.15, -0.1) is 0 Å². The topological polar surface area (TPSA) is 3.24 Å². The number of halogens is 1. The van der Waals surface area contributed by atoms with Crippen molar-refractivity contribution in [1.29, 1.82) is 0 Å². The molecule has 1 nitrogen and oxygen atoms in total. The number of nitrogens with zero attached hydrogens (tertiary/aromatic N) is 1. The molecule has 1 heterocycles. The molecule has 0 radical (unpaired) electrons. The van der Waals surface area contributed by atoms with Crippen molar-refractivity contribution in [2.45, 2.75) is 32.2 Å². The van der Waals surface area contributed by atoms with E-state index < -0.39 is 6.80 Å². The van der Waals surface area contributed by atoms with Crippen LogP contribution in [-0.2, 0) is 5.41 Å². The minimum Gasteiger partial charge on any atom is -0.341 e. The quantitative estimate of drug-likeness (QED) is 0.619. The van der Waals surface area contributed by atoms with Gasteiger partial charge in [-0.1, -0.05) is 32.0 Å². The van der Waals surface area contributed by atoms with Crippen LogP contribution in [0.5, 0.6) is 0 Å². The normalized spacial score (nSPS) is 23.7. The van der Waals surface area contributed by atoms with Gasteiger partial charge in [-0.05, 0) is 18.6 Å². The molecule has 1 aromatic carbocycles. The summed E-state index contributed by atoms with van der Waals surface area (Å²) in [7, 11) is 0. The Morgan fingerprint density at radius 3 is 2.64 bits per heavy atom. The number of para-hydroxylation sites is 1. The molecule has 1 aliphatic heterocycles. The first kappa shape index (κ1) is 9.50. The fourth-order valence-electron chi connectivity index (χ4n) is 2.26. The zero-order valence-electron chi connectivity index (χ0n) is 8.92. The van der Waals surface area contributed by atoms with Gasteiger partial charge in [0.2, 0.25) is 0 Å². The molecule has 14 heavy (non-hydrogen) atoms. The lowest BCUT2D eigenvalue weighted by Crippen LogP contribution is -2.38. The van der Waals surface area contributed by atoms with Crippen LogP contribution in [0.2, 0.25) is 0 Å². The molecule has 0 amide bonds. The van der Waals surface area contributed by atoms with Crippen molar-refractivity contribution >= 4 is 5.69 Å². The summed E-state index contributed by atoms with van der Waals surface area (Å²) in [6, 6.07) is 8.32. The molecule has 0 bridgehead atoms. The maximum atomic E-state index is 12.9. The predicted molar refractivity (Wildman–Crippen MR) is 57.4 cm³/mol. The molecule has 0 saturated heterocycles. The highest BCUT2D eigenvalue weighted by atomic mass is 19.1. The molecule has 0 aromatic heterocycles. The van der Waals surface area contributed by atoms with Crippen molar-refractivity contribution in [2.75, 3.05) is 11.7 Å². The van der Waals surface area contributed by atoms with E-state index >= 15 is 0 Å². The van der Waals surface area contributed by atoms with Gasteiger partial charge in [0.15, 0.2) is 6.80 Å². The molecule has 1 aromatic rings. The van der Waals surface area contributed by atoms with Crippen LogP contribution in [-0.4, -0.2) is 12.8 Å². The van der Waals surface area contributed by atoms with E-state index in [0.717, 1.165) is 5.69 Å². The highest BCUT2D eigenvalue weighted by molar-refractivity contribution is 5.63. The van der Waals surface area contributed by atoms with Gasteiger partial charge in [0.05, 0.1) is 0 Å². The van der Waals surface area contributed by atoms with E-state index in [-0.39, 0.29) is 11.5 Å².